The van der Waals surface area contributed by atoms with E-state index in [0.717, 1.165) is 12.8 Å². The van der Waals surface area contributed by atoms with E-state index in [0.29, 0.717) is 27.2 Å². The minimum Gasteiger partial charge on any atom is -0.438 e. The van der Waals surface area contributed by atoms with Crippen LogP contribution in [0, 0.1) is 0 Å². The Hall–Kier alpha value is -2.97. The topological polar surface area (TPSA) is 63.9 Å². The van der Waals surface area contributed by atoms with Gasteiger partial charge in [0.15, 0.2) is 0 Å². The molecule has 2 aromatic heterocycles. The molecule has 0 unspecified atom stereocenters. The quantitative estimate of drug-likeness (QED) is 0.320. The van der Waals surface area contributed by atoms with Crippen LogP contribution in [-0.4, -0.2) is 31.1 Å². The van der Waals surface area contributed by atoms with Crippen LogP contribution in [0.25, 0.3) is 11.7 Å². The molecule has 0 atom stereocenters. The minimum absolute atomic E-state index is 0.0102. The molecule has 4 rings (SSSR count). The second kappa shape index (κ2) is 9.72. The number of nitrogens with zero attached hydrogens (tertiary/aromatic N) is 3. The highest BCUT2D eigenvalue weighted by Crippen LogP contribution is 2.34. The summed E-state index contributed by atoms with van der Waals surface area (Å²) in [4.78, 5) is 32.9. The van der Waals surface area contributed by atoms with Gasteiger partial charge in [-0.1, -0.05) is 76.3 Å². The number of unbranched alkanes of at least 4 members (excludes halogenated alkanes) is 1. The lowest BCUT2D eigenvalue weighted by atomic mass is 9.87. The Kier molecular flexibility index (Phi) is 6.91. The number of aromatic nitrogens is 2. The summed E-state index contributed by atoms with van der Waals surface area (Å²) in [6, 6.07) is 13.0. The van der Waals surface area contributed by atoms with Gasteiger partial charge in [0.2, 0.25) is 5.88 Å². The summed E-state index contributed by atoms with van der Waals surface area (Å²) in [5.74, 6) is 0.519. The molecule has 8 heteroatoms. The Labute approximate surface area is 208 Å². The average Bonchev–Trinajstić information content (AvgIpc) is 3.07. The first-order valence-corrected chi connectivity index (χ1v) is 12.5. The normalized spacial score (nSPS) is 15.5. The maximum absolute atomic E-state index is 13.4. The molecule has 0 radical (unpaired) electrons. The molecule has 0 bridgehead atoms. The van der Waals surface area contributed by atoms with E-state index < -0.39 is 0 Å². The average molecular weight is 494 g/mol. The Morgan fingerprint density at radius 2 is 1.85 bits per heavy atom. The summed E-state index contributed by atoms with van der Waals surface area (Å²) in [5, 5.41) is 0. The third-order valence-electron chi connectivity index (χ3n) is 5.55. The zero-order valence-electron chi connectivity index (χ0n) is 19.7. The SMILES string of the molecule is CCCCN1C(=O)/C(=C/c2c(Oc3ccc(C(C)(C)C)cc3)nc3ccccn3c2=O)SC1=S. The number of fused-ring (bicyclic) bond motifs is 1. The van der Waals surface area contributed by atoms with Crippen molar-refractivity contribution >= 4 is 45.9 Å². The molecule has 3 heterocycles. The number of hydrogen-bond donors (Lipinski definition) is 0. The molecule has 0 spiro atoms. The number of thiocarbonyl (C=S) groups is 1. The van der Waals surface area contributed by atoms with Gasteiger partial charge in [-0.05, 0) is 47.7 Å². The van der Waals surface area contributed by atoms with Crippen LogP contribution in [-0.2, 0) is 10.2 Å². The predicted octanol–water partition coefficient (Wildman–Crippen LogP) is 5.79. The number of thioether (sulfide) groups is 1. The molecule has 3 aromatic rings. The van der Waals surface area contributed by atoms with Crippen molar-refractivity contribution in [2.75, 3.05) is 6.54 Å². The molecule has 1 amide bonds. The van der Waals surface area contributed by atoms with Crippen LogP contribution in [0.3, 0.4) is 0 Å². The highest BCUT2D eigenvalue weighted by Gasteiger charge is 2.32. The van der Waals surface area contributed by atoms with Crippen molar-refractivity contribution in [3.8, 4) is 11.6 Å². The molecule has 1 aliphatic heterocycles. The number of amides is 1. The largest absolute Gasteiger partial charge is 0.438 e. The number of hydrogen-bond acceptors (Lipinski definition) is 6. The van der Waals surface area contributed by atoms with Crippen LogP contribution >= 0.6 is 24.0 Å². The van der Waals surface area contributed by atoms with Crippen LogP contribution < -0.4 is 10.3 Å². The number of rotatable bonds is 6. The highest BCUT2D eigenvalue weighted by molar-refractivity contribution is 8.26. The monoisotopic (exact) mass is 493 g/mol. The van der Waals surface area contributed by atoms with Gasteiger partial charge in [0, 0.05) is 12.7 Å². The molecular formula is C26H27N3O3S2. The molecule has 1 aromatic carbocycles. The van der Waals surface area contributed by atoms with Crippen molar-refractivity contribution in [1.29, 1.82) is 0 Å². The van der Waals surface area contributed by atoms with E-state index in [9.17, 15) is 9.59 Å². The lowest BCUT2D eigenvalue weighted by Gasteiger charge is -2.19. The maximum Gasteiger partial charge on any atom is 0.269 e. The number of ether oxygens (including phenoxy) is 1. The van der Waals surface area contributed by atoms with Crippen molar-refractivity contribution < 1.29 is 9.53 Å². The molecule has 6 nitrogen and oxygen atoms in total. The van der Waals surface area contributed by atoms with Gasteiger partial charge in [0.05, 0.1) is 4.91 Å². The minimum atomic E-state index is -0.314. The summed E-state index contributed by atoms with van der Waals surface area (Å²) in [5.41, 5.74) is 1.53. The second-order valence-electron chi connectivity index (χ2n) is 9.13. The van der Waals surface area contributed by atoms with Crippen molar-refractivity contribution in [2.24, 2.45) is 0 Å². The lowest BCUT2D eigenvalue weighted by Crippen LogP contribution is -2.29. The van der Waals surface area contributed by atoms with E-state index >= 15 is 0 Å². The summed E-state index contributed by atoms with van der Waals surface area (Å²) in [7, 11) is 0. The van der Waals surface area contributed by atoms with Crippen molar-refractivity contribution in [1.82, 2.24) is 14.3 Å². The number of carbonyl (C=O) groups is 1. The molecule has 176 valence electrons. The van der Waals surface area contributed by atoms with E-state index in [1.54, 1.807) is 29.3 Å². The summed E-state index contributed by atoms with van der Waals surface area (Å²) in [6.45, 7) is 9.06. The van der Waals surface area contributed by atoms with Crippen LogP contribution in [0.2, 0.25) is 0 Å². The second-order valence-corrected chi connectivity index (χ2v) is 10.8. The van der Waals surface area contributed by atoms with E-state index in [4.69, 9.17) is 17.0 Å². The lowest BCUT2D eigenvalue weighted by molar-refractivity contribution is -0.122. The van der Waals surface area contributed by atoms with Gasteiger partial charge in [0.25, 0.3) is 11.5 Å². The molecule has 1 fully saturated rings. The van der Waals surface area contributed by atoms with Crippen molar-refractivity contribution in [2.45, 2.75) is 46.0 Å². The first-order chi connectivity index (χ1) is 16.2. The molecule has 1 aliphatic rings. The van der Waals surface area contributed by atoms with Gasteiger partial charge >= 0.3 is 0 Å². The molecule has 0 saturated carbocycles. The standard InChI is InChI=1S/C26H27N3O3S2/c1-5-6-14-29-24(31)20(34-25(29)33)16-19-22(27-21-9-7-8-15-28(21)23(19)30)32-18-12-10-17(11-13-18)26(2,3)4/h7-13,15-16H,5-6,14H2,1-4H3/b20-16-. The predicted molar refractivity (Wildman–Crippen MR) is 141 cm³/mol. The van der Waals surface area contributed by atoms with E-state index in [2.05, 4.69) is 32.7 Å². The fraction of sp³-hybridized carbons (Fsp3) is 0.308. The zero-order chi connectivity index (χ0) is 24.5. The highest BCUT2D eigenvalue weighted by atomic mass is 32.2. The van der Waals surface area contributed by atoms with Gasteiger partial charge in [-0.2, -0.15) is 4.98 Å². The van der Waals surface area contributed by atoms with Gasteiger partial charge in [0.1, 0.15) is 21.3 Å². The summed E-state index contributed by atoms with van der Waals surface area (Å²) >= 11 is 6.61. The maximum atomic E-state index is 13.4. The summed E-state index contributed by atoms with van der Waals surface area (Å²) < 4.78 is 8.04. The first-order valence-electron chi connectivity index (χ1n) is 11.2. The smallest absolute Gasteiger partial charge is 0.269 e. The van der Waals surface area contributed by atoms with Gasteiger partial charge < -0.3 is 4.74 Å². The van der Waals surface area contributed by atoms with E-state index in [-0.39, 0.29) is 28.3 Å². The van der Waals surface area contributed by atoms with Crippen LogP contribution in [0.5, 0.6) is 11.6 Å². The zero-order valence-corrected chi connectivity index (χ0v) is 21.3. The Balaban J connectivity index is 1.77. The van der Waals surface area contributed by atoms with E-state index in [1.165, 1.54) is 21.7 Å². The Morgan fingerprint density at radius 3 is 2.53 bits per heavy atom. The van der Waals surface area contributed by atoms with Crippen LogP contribution in [0.1, 0.15) is 51.7 Å². The van der Waals surface area contributed by atoms with E-state index in [1.807, 2.05) is 30.3 Å². The molecule has 0 N–H and O–H groups in total. The van der Waals surface area contributed by atoms with Crippen molar-refractivity contribution in [3.63, 3.8) is 0 Å². The fourth-order valence-electron chi connectivity index (χ4n) is 3.56. The Morgan fingerprint density at radius 1 is 1.12 bits per heavy atom. The molecule has 0 aliphatic carbocycles. The third kappa shape index (κ3) is 4.93. The van der Waals surface area contributed by atoms with Crippen LogP contribution in [0.15, 0.2) is 58.4 Å². The number of benzene rings is 1. The number of pyridine rings is 1. The van der Waals surface area contributed by atoms with Gasteiger partial charge in [-0.25, -0.2) is 0 Å². The first kappa shape index (κ1) is 24.2. The molecular weight excluding hydrogens is 466 g/mol. The van der Waals surface area contributed by atoms with Crippen molar-refractivity contribution in [3.05, 3.63) is 75.0 Å². The van der Waals surface area contributed by atoms with Gasteiger partial charge in [-0.3, -0.25) is 18.9 Å². The Bertz CT molecular complexity index is 1340. The molecule has 34 heavy (non-hydrogen) atoms. The van der Waals surface area contributed by atoms with Gasteiger partial charge in [-0.15, -0.1) is 0 Å². The van der Waals surface area contributed by atoms with Crippen LogP contribution in [0.4, 0.5) is 0 Å². The fourth-order valence-corrected chi connectivity index (χ4v) is 4.85. The molecule has 1 saturated heterocycles. The summed E-state index contributed by atoms with van der Waals surface area (Å²) in [6.07, 6.45) is 5.02. The number of carbonyl (C=O) groups excluding carboxylic acids is 1. The third-order valence-corrected chi connectivity index (χ3v) is 6.93.